The highest BCUT2D eigenvalue weighted by Gasteiger charge is 2.17. The lowest BCUT2D eigenvalue weighted by atomic mass is 10.1. The summed E-state index contributed by atoms with van der Waals surface area (Å²) < 4.78 is 32.5. The van der Waals surface area contributed by atoms with Crippen LogP contribution < -0.4 is 4.18 Å². The van der Waals surface area contributed by atoms with Crippen LogP contribution in [0, 0.1) is 5.92 Å². The molecule has 6 nitrogen and oxygen atoms in total. The van der Waals surface area contributed by atoms with Gasteiger partial charge in [0.2, 0.25) is 5.91 Å². The number of nitrogens with zero attached hydrogens (tertiary/aromatic N) is 1. The van der Waals surface area contributed by atoms with E-state index < -0.39 is 10.1 Å². The van der Waals surface area contributed by atoms with Gasteiger partial charge in [0.15, 0.2) is 0 Å². The molecule has 0 atom stereocenters. The van der Waals surface area contributed by atoms with Gasteiger partial charge in [0, 0.05) is 13.0 Å². The summed E-state index contributed by atoms with van der Waals surface area (Å²) in [5.41, 5.74) is 0.879. The molecule has 136 valence electrons. The minimum absolute atomic E-state index is 0.0443. The Kier molecular flexibility index (Phi) is 6.25. The van der Waals surface area contributed by atoms with Crippen molar-refractivity contribution in [2.24, 2.45) is 5.92 Å². The van der Waals surface area contributed by atoms with Gasteiger partial charge < -0.3 is 13.5 Å². The third-order valence-electron chi connectivity index (χ3n) is 3.41. The van der Waals surface area contributed by atoms with Crippen LogP contribution in [0.15, 0.2) is 47.1 Å². The maximum atomic E-state index is 12.5. The van der Waals surface area contributed by atoms with Gasteiger partial charge in [-0.15, -0.1) is 0 Å². The van der Waals surface area contributed by atoms with Crippen LogP contribution in [0.2, 0.25) is 0 Å². The molecular formula is C18H23NO5S. The topological polar surface area (TPSA) is 76.8 Å². The zero-order valence-corrected chi connectivity index (χ0v) is 15.5. The standard InChI is InChI=1S/C18H23NO5S/c1-14(2)11-18(20)19(13-17-5-4-10-23-17)12-15-6-8-16(9-7-15)24-25(3,21)22/h4-10,14H,11-13H2,1-3H3. The quantitative estimate of drug-likeness (QED) is 0.672. The molecule has 1 amide bonds. The molecule has 0 N–H and O–H groups in total. The third kappa shape index (κ3) is 6.62. The van der Waals surface area contributed by atoms with E-state index in [4.69, 9.17) is 8.60 Å². The molecule has 0 saturated heterocycles. The fourth-order valence-electron chi connectivity index (χ4n) is 2.35. The van der Waals surface area contributed by atoms with Crippen LogP contribution in [-0.2, 0) is 28.0 Å². The molecule has 0 aliphatic carbocycles. The number of rotatable bonds is 8. The number of hydrogen-bond donors (Lipinski definition) is 0. The van der Waals surface area contributed by atoms with Crippen LogP contribution in [0.4, 0.5) is 0 Å². The van der Waals surface area contributed by atoms with Crippen molar-refractivity contribution in [1.29, 1.82) is 0 Å². The number of furan rings is 1. The van der Waals surface area contributed by atoms with E-state index in [2.05, 4.69) is 0 Å². The molecule has 0 radical (unpaired) electrons. The molecule has 2 aromatic rings. The summed E-state index contributed by atoms with van der Waals surface area (Å²) in [7, 11) is -3.55. The Morgan fingerprint density at radius 2 is 1.84 bits per heavy atom. The van der Waals surface area contributed by atoms with Gasteiger partial charge in [-0.05, 0) is 35.7 Å². The molecule has 0 aliphatic heterocycles. The van der Waals surface area contributed by atoms with E-state index in [1.165, 1.54) is 0 Å². The van der Waals surface area contributed by atoms with Crippen LogP contribution in [0.1, 0.15) is 31.6 Å². The van der Waals surface area contributed by atoms with Crippen molar-refractivity contribution in [3.05, 3.63) is 54.0 Å². The van der Waals surface area contributed by atoms with Crippen molar-refractivity contribution < 1.29 is 21.8 Å². The molecule has 1 aromatic carbocycles. The average Bonchev–Trinajstić information content (AvgIpc) is 2.99. The Morgan fingerprint density at radius 1 is 1.16 bits per heavy atom. The van der Waals surface area contributed by atoms with E-state index in [1.54, 1.807) is 41.5 Å². The van der Waals surface area contributed by atoms with E-state index in [0.717, 1.165) is 11.8 Å². The van der Waals surface area contributed by atoms with Crippen LogP contribution in [0.5, 0.6) is 5.75 Å². The van der Waals surface area contributed by atoms with E-state index in [1.807, 2.05) is 19.9 Å². The molecule has 0 bridgehead atoms. The molecular weight excluding hydrogens is 342 g/mol. The number of carbonyl (C=O) groups excluding carboxylic acids is 1. The summed E-state index contributed by atoms with van der Waals surface area (Å²) in [5.74, 6) is 1.27. The lowest BCUT2D eigenvalue weighted by Crippen LogP contribution is -2.30. The van der Waals surface area contributed by atoms with Crippen LogP contribution in [0.3, 0.4) is 0 Å². The normalized spacial score (nSPS) is 11.5. The largest absolute Gasteiger partial charge is 0.467 e. The molecule has 1 aromatic heterocycles. The Morgan fingerprint density at radius 3 is 2.36 bits per heavy atom. The van der Waals surface area contributed by atoms with E-state index in [0.29, 0.717) is 25.3 Å². The van der Waals surface area contributed by atoms with Crippen molar-refractivity contribution in [3.63, 3.8) is 0 Å². The van der Waals surface area contributed by atoms with Gasteiger partial charge in [-0.2, -0.15) is 8.42 Å². The summed E-state index contributed by atoms with van der Waals surface area (Å²) in [6, 6.07) is 10.3. The first-order valence-electron chi connectivity index (χ1n) is 8.01. The third-order valence-corrected chi connectivity index (χ3v) is 3.90. The highest BCUT2D eigenvalue weighted by molar-refractivity contribution is 7.86. The number of carbonyl (C=O) groups is 1. The molecule has 0 unspecified atom stereocenters. The average molecular weight is 365 g/mol. The monoisotopic (exact) mass is 365 g/mol. The second kappa shape index (κ2) is 8.20. The predicted molar refractivity (Wildman–Crippen MR) is 94.3 cm³/mol. The molecule has 7 heteroatoms. The Hall–Kier alpha value is -2.28. The highest BCUT2D eigenvalue weighted by Crippen LogP contribution is 2.18. The Labute approximate surface area is 148 Å². The lowest BCUT2D eigenvalue weighted by Gasteiger charge is -2.23. The van der Waals surface area contributed by atoms with E-state index in [9.17, 15) is 13.2 Å². The summed E-state index contributed by atoms with van der Waals surface area (Å²) in [6.45, 7) is 4.80. The zero-order chi connectivity index (χ0) is 18.4. The maximum absolute atomic E-state index is 12.5. The van der Waals surface area contributed by atoms with Crippen molar-refractivity contribution in [3.8, 4) is 5.75 Å². The smallest absolute Gasteiger partial charge is 0.306 e. The molecule has 25 heavy (non-hydrogen) atoms. The fraction of sp³-hybridized carbons (Fsp3) is 0.389. The van der Waals surface area contributed by atoms with Gasteiger partial charge in [0.25, 0.3) is 0 Å². The van der Waals surface area contributed by atoms with Crippen molar-refractivity contribution in [1.82, 2.24) is 4.90 Å². The van der Waals surface area contributed by atoms with Crippen LogP contribution in [0.25, 0.3) is 0 Å². The summed E-state index contributed by atoms with van der Waals surface area (Å²) in [4.78, 5) is 14.2. The second-order valence-corrected chi connectivity index (χ2v) is 7.93. The van der Waals surface area contributed by atoms with Gasteiger partial charge in [0.1, 0.15) is 11.5 Å². The first kappa shape index (κ1) is 19.1. The van der Waals surface area contributed by atoms with E-state index in [-0.39, 0.29) is 17.6 Å². The van der Waals surface area contributed by atoms with Crippen LogP contribution >= 0.6 is 0 Å². The molecule has 1 heterocycles. The van der Waals surface area contributed by atoms with E-state index >= 15 is 0 Å². The number of benzene rings is 1. The molecule has 0 aliphatic rings. The second-order valence-electron chi connectivity index (χ2n) is 6.36. The van der Waals surface area contributed by atoms with Crippen LogP contribution in [-0.4, -0.2) is 25.5 Å². The first-order chi connectivity index (χ1) is 11.7. The van der Waals surface area contributed by atoms with Gasteiger partial charge in [-0.1, -0.05) is 26.0 Å². The summed E-state index contributed by atoms with van der Waals surface area (Å²) >= 11 is 0. The Balaban J connectivity index is 2.10. The van der Waals surface area contributed by atoms with Gasteiger partial charge >= 0.3 is 10.1 Å². The predicted octanol–water partition coefficient (Wildman–Crippen LogP) is 3.19. The van der Waals surface area contributed by atoms with Crippen molar-refractivity contribution >= 4 is 16.0 Å². The summed E-state index contributed by atoms with van der Waals surface area (Å²) in [5, 5.41) is 0. The zero-order valence-electron chi connectivity index (χ0n) is 14.6. The van der Waals surface area contributed by atoms with Crippen molar-refractivity contribution in [2.45, 2.75) is 33.4 Å². The maximum Gasteiger partial charge on any atom is 0.306 e. The summed E-state index contributed by atoms with van der Waals surface area (Å²) in [6.07, 6.45) is 3.03. The number of hydrogen-bond acceptors (Lipinski definition) is 5. The molecule has 2 rings (SSSR count). The lowest BCUT2D eigenvalue weighted by molar-refractivity contribution is -0.133. The highest BCUT2D eigenvalue weighted by atomic mass is 32.2. The number of amides is 1. The SMILES string of the molecule is CC(C)CC(=O)N(Cc1ccc(OS(C)(=O)=O)cc1)Cc1ccco1. The Bertz CT molecular complexity index is 779. The van der Waals surface area contributed by atoms with Gasteiger partial charge in [-0.25, -0.2) is 0 Å². The van der Waals surface area contributed by atoms with Gasteiger partial charge in [-0.3, -0.25) is 4.79 Å². The minimum atomic E-state index is -3.55. The molecule has 0 saturated carbocycles. The first-order valence-corrected chi connectivity index (χ1v) is 9.83. The molecule has 0 spiro atoms. The molecule has 0 fully saturated rings. The van der Waals surface area contributed by atoms with Crippen molar-refractivity contribution in [2.75, 3.05) is 6.26 Å². The minimum Gasteiger partial charge on any atom is -0.467 e. The fourth-order valence-corrected chi connectivity index (χ4v) is 2.81. The van der Waals surface area contributed by atoms with Gasteiger partial charge in [0.05, 0.1) is 19.1 Å².